The van der Waals surface area contributed by atoms with E-state index in [9.17, 15) is 9.90 Å². The summed E-state index contributed by atoms with van der Waals surface area (Å²) in [4.78, 5) is 13.8. The molecule has 1 N–H and O–H groups in total. The second-order valence-electron chi connectivity index (χ2n) is 6.60. The van der Waals surface area contributed by atoms with Gasteiger partial charge in [0, 0.05) is 24.4 Å². The van der Waals surface area contributed by atoms with Crippen LogP contribution in [-0.4, -0.2) is 42.3 Å². The molecule has 0 aliphatic carbocycles. The van der Waals surface area contributed by atoms with Crippen LogP contribution in [-0.2, 0) is 16.1 Å². The first kappa shape index (κ1) is 13.8. The zero-order valence-corrected chi connectivity index (χ0v) is 12.5. The maximum absolute atomic E-state index is 11.7. The van der Waals surface area contributed by atoms with Gasteiger partial charge in [0.1, 0.15) is 16.8 Å². The third kappa shape index (κ3) is 2.04. The Morgan fingerprint density at radius 2 is 2.32 bits per heavy atom. The van der Waals surface area contributed by atoms with E-state index < -0.39 is 11.4 Å². The molecule has 5 nitrogen and oxygen atoms in total. The maximum atomic E-state index is 11.7. The standard InChI is InChI=1S/C17H19NO4/c1-11-2-3-15-12(4-11)5-14(22-15)7-18-6-13-8-21-10-17(13,9-18)16(19)20/h2-5,13H,6-10H2,1H3,(H,19,20)/t13-,17-/m1/s1. The van der Waals surface area contributed by atoms with Crippen LogP contribution in [0.3, 0.4) is 0 Å². The molecule has 2 fully saturated rings. The highest BCUT2D eigenvalue weighted by Crippen LogP contribution is 2.42. The first-order chi connectivity index (χ1) is 10.6. The van der Waals surface area contributed by atoms with Gasteiger partial charge in [0.15, 0.2) is 0 Å². The fourth-order valence-electron chi connectivity index (χ4n) is 3.78. The van der Waals surface area contributed by atoms with Crippen molar-refractivity contribution >= 4 is 16.9 Å². The highest BCUT2D eigenvalue weighted by molar-refractivity contribution is 5.78. The van der Waals surface area contributed by atoms with Crippen molar-refractivity contribution in [3.05, 3.63) is 35.6 Å². The van der Waals surface area contributed by atoms with Crippen LogP contribution in [0.15, 0.2) is 28.7 Å². The van der Waals surface area contributed by atoms with E-state index in [2.05, 4.69) is 24.0 Å². The third-order valence-electron chi connectivity index (χ3n) is 4.97. The SMILES string of the molecule is Cc1ccc2oc(CN3C[C@@H]4COC[C@]4(C(=O)O)C3)cc2c1. The molecule has 0 bridgehead atoms. The van der Waals surface area contributed by atoms with Crippen molar-refractivity contribution < 1.29 is 19.1 Å². The molecule has 0 radical (unpaired) electrons. The number of furan rings is 1. The minimum Gasteiger partial charge on any atom is -0.481 e. The average Bonchev–Trinajstić information content (AvgIpc) is 3.09. The average molecular weight is 301 g/mol. The molecule has 2 aliphatic rings. The highest BCUT2D eigenvalue weighted by Gasteiger charge is 2.56. The molecule has 1 aromatic carbocycles. The molecule has 3 heterocycles. The molecule has 116 valence electrons. The van der Waals surface area contributed by atoms with Crippen LogP contribution in [0.25, 0.3) is 11.0 Å². The first-order valence-electron chi connectivity index (χ1n) is 7.59. The van der Waals surface area contributed by atoms with Crippen LogP contribution >= 0.6 is 0 Å². The van der Waals surface area contributed by atoms with Crippen LogP contribution in [0.2, 0.25) is 0 Å². The van der Waals surface area contributed by atoms with Gasteiger partial charge in [-0.2, -0.15) is 0 Å². The van der Waals surface area contributed by atoms with Crippen molar-refractivity contribution in [2.45, 2.75) is 13.5 Å². The van der Waals surface area contributed by atoms with Crippen LogP contribution in [0.5, 0.6) is 0 Å². The Labute approximate surface area is 128 Å². The van der Waals surface area contributed by atoms with Crippen molar-refractivity contribution in [3.8, 4) is 0 Å². The number of ether oxygens (including phenoxy) is 1. The fraction of sp³-hybridized carbons (Fsp3) is 0.471. The smallest absolute Gasteiger partial charge is 0.313 e. The molecule has 2 aromatic rings. The van der Waals surface area contributed by atoms with Crippen LogP contribution in [0.4, 0.5) is 0 Å². The zero-order chi connectivity index (χ0) is 15.3. The lowest BCUT2D eigenvalue weighted by Gasteiger charge is -2.21. The topological polar surface area (TPSA) is 62.9 Å². The van der Waals surface area contributed by atoms with Crippen molar-refractivity contribution in [1.29, 1.82) is 0 Å². The van der Waals surface area contributed by atoms with Gasteiger partial charge in [0.2, 0.25) is 0 Å². The molecule has 2 saturated heterocycles. The highest BCUT2D eigenvalue weighted by atomic mass is 16.5. The lowest BCUT2D eigenvalue weighted by atomic mass is 9.81. The molecule has 4 rings (SSSR count). The number of fused-ring (bicyclic) bond motifs is 2. The minimum absolute atomic E-state index is 0.0802. The van der Waals surface area contributed by atoms with Gasteiger partial charge in [-0.3, -0.25) is 9.69 Å². The van der Waals surface area contributed by atoms with Gasteiger partial charge in [0.25, 0.3) is 0 Å². The normalized spacial score (nSPS) is 28.3. The van der Waals surface area contributed by atoms with Crippen molar-refractivity contribution in [2.24, 2.45) is 11.3 Å². The predicted octanol–water partition coefficient (Wildman–Crippen LogP) is 2.27. The van der Waals surface area contributed by atoms with Crippen molar-refractivity contribution in [2.75, 3.05) is 26.3 Å². The van der Waals surface area contributed by atoms with Gasteiger partial charge < -0.3 is 14.3 Å². The summed E-state index contributed by atoms with van der Waals surface area (Å²) in [6.45, 7) is 4.86. The molecule has 2 aliphatic heterocycles. The summed E-state index contributed by atoms with van der Waals surface area (Å²) in [6.07, 6.45) is 0. The Kier molecular flexibility index (Phi) is 3.03. The minimum atomic E-state index is -0.738. The van der Waals surface area contributed by atoms with E-state index in [0.29, 0.717) is 26.3 Å². The number of benzene rings is 1. The van der Waals surface area contributed by atoms with Gasteiger partial charge in [-0.15, -0.1) is 0 Å². The van der Waals surface area contributed by atoms with E-state index >= 15 is 0 Å². The van der Waals surface area contributed by atoms with Crippen LogP contribution in [0, 0.1) is 18.3 Å². The van der Waals surface area contributed by atoms with Gasteiger partial charge in [-0.1, -0.05) is 11.6 Å². The number of carboxylic acid groups (broad SMARTS) is 1. The van der Waals surface area contributed by atoms with Crippen molar-refractivity contribution in [1.82, 2.24) is 4.90 Å². The second-order valence-corrected chi connectivity index (χ2v) is 6.60. The lowest BCUT2D eigenvalue weighted by Crippen LogP contribution is -2.38. The Morgan fingerprint density at radius 3 is 3.09 bits per heavy atom. The van der Waals surface area contributed by atoms with Gasteiger partial charge in [-0.25, -0.2) is 0 Å². The molecule has 1 aromatic heterocycles. The molecule has 2 atom stereocenters. The summed E-state index contributed by atoms with van der Waals surface area (Å²) in [5.74, 6) is 0.233. The summed E-state index contributed by atoms with van der Waals surface area (Å²) < 4.78 is 11.3. The Balaban J connectivity index is 1.55. The van der Waals surface area contributed by atoms with Gasteiger partial charge in [0.05, 0.1) is 19.8 Å². The summed E-state index contributed by atoms with van der Waals surface area (Å²) in [6, 6.07) is 8.18. The number of carbonyl (C=O) groups is 1. The van der Waals surface area contributed by atoms with E-state index in [4.69, 9.17) is 9.15 Å². The van der Waals surface area contributed by atoms with Crippen LogP contribution < -0.4 is 0 Å². The Morgan fingerprint density at radius 1 is 1.45 bits per heavy atom. The van der Waals surface area contributed by atoms with E-state index in [1.807, 2.05) is 12.1 Å². The second kappa shape index (κ2) is 4.83. The quantitative estimate of drug-likeness (QED) is 0.942. The summed E-state index contributed by atoms with van der Waals surface area (Å²) >= 11 is 0. The maximum Gasteiger partial charge on any atom is 0.313 e. The predicted molar refractivity (Wildman–Crippen MR) is 80.6 cm³/mol. The number of aryl methyl sites for hydroxylation is 1. The largest absolute Gasteiger partial charge is 0.481 e. The van der Waals surface area contributed by atoms with E-state index in [1.165, 1.54) is 5.56 Å². The first-order valence-corrected chi connectivity index (χ1v) is 7.59. The molecule has 0 unspecified atom stereocenters. The van der Waals surface area contributed by atoms with E-state index in [1.54, 1.807) is 0 Å². The van der Waals surface area contributed by atoms with E-state index in [-0.39, 0.29) is 5.92 Å². The molecule has 22 heavy (non-hydrogen) atoms. The van der Waals surface area contributed by atoms with Gasteiger partial charge >= 0.3 is 5.97 Å². The number of hydrogen-bond acceptors (Lipinski definition) is 4. The summed E-state index contributed by atoms with van der Waals surface area (Å²) in [5, 5.41) is 10.7. The molecular weight excluding hydrogens is 282 g/mol. The lowest BCUT2D eigenvalue weighted by molar-refractivity contribution is -0.149. The number of nitrogens with zero attached hydrogens (tertiary/aromatic N) is 1. The number of rotatable bonds is 3. The molecule has 5 heteroatoms. The Hall–Kier alpha value is -1.85. The molecule has 0 saturated carbocycles. The summed E-state index contributed by atoms with van der Waals surface area (Å²) in [5.41, 5.74) is 1.36. The molecule has 0 spiro atoms. The number of hydrogen-bond donors (Lipinski definition) is 1. The van der Waals surface area contributed by atoms with E-state index in [0.717, 1.165) is 23.3 Å². The fourth-order valence-corrected chi connectivity index (χ4v) is 3.78. The van der Waals surface area contributed by atoms with Crippen LogP contribution in [0.1, 0.15) is 11.3 Å². The number of carboxylic acids is 1. The van der Waals surface area contributed by atoms with Gasteiger partial charge in [-0.05, 0) is 25.1 Å². The number of aliphatic carboxylic acids is 1. The Bertz CT molecular complexity index is 737. The zero-order valence-electron chi connectivity index (χ0n) is 12.5. The monoisotopic (exact) mass is 301 g/mol. The number of likely N-dealkylation sites (tertiary alicyclic amines) is 1. The summed E-state index contributed by atoms with van der Waals surface area (Å²) in [7, 11) is 0. The van der Waals surface area contributed by atoms with Crippen molar-refractivity contribution in [3.63, 3.8) is 0 Å². The molecule has 0 amide bonds. The molecular formula is C17H19NO4. The third-order valence-corrected chi connectivity index (χ3v) is 4.97.